The van der Waals surface area contributed by atoms with E-state index < -0.39 is 0 Å². The SMILES string of the molecule is CCSCCC(=O)OC(C)CC. The van der Waals surface area contributed by atoms with Gasteiger partial charge in [-0.3, -0.25) is 4.79 Å². The summed E-state index contributed by atoms with van der Waals surface area (Å²) < 4.78 is 5.09. The van der Waals surface area contributed by atoms with E-state index in [4.69, 9.17) is 4.74 Å². The molecule has 0 heterocycles. The summed E-state index contributed by atoms with van der Waals surface area (Å²) >= 11 is 1.77. The molecule has 0 aliphatic carbocycles. The van der Waals surface area contributed by atoms with Crippen LogP contribution in [-0.4, -0.2) is 23.6 Å². The van der Waals surface area contributed by atoms with Crippen LogP contribution >= 0.6 is 11.8 Å². The van der Waals surface area contributed by atoms with Crippen molar-refractivity contribution in [2.75, 3.05) is 11.5 Å². The van der Waals surface area contributed by atoms with Crippen molar-refractivity contribution < 1.29 is 9.53 Å². The first-order chi connectivity index (χ1) is 5.70. The van der Waals surface area contributed by atoms with Crippen molar-refractivity contribution in [3.63, 3.8) is 0 Å². The molecule has 0 spiro atoms. The fraction of sp³-hybridized carbons (Fsp3) is 0.889. The zero-order valence-corrected chi connectivity index (χ0v) is 8.95. The van der Waals surface area contributed by atoms with Crippen LogP contribution in [0.2, 0.25) is 0 Å². The lowest BCUT2D eigenvalue weighted by Crippen LogP contribution is -2.14. The van der Waals surface area contributed by atoms with Crippen LogP contribution in [0.3, 0.4) is 0 Å². The standard InChI is InChI=1S/C9H18O2S/c1-4-8(3)11-9(10)6-7-12-5-2/h8H,4-7H2,1-3H3. The topological polar surface area (TPSA) is 26.3 Å². The molecule has 0 aliphatic rings. The second-order valence-corrected chi connectivity index (χ2v) is 4.05. The second kappa shape index (κ2) is 7.47. The summed E-state index contributed by atoms with van der Waals surface area (Å²) in [5.41, 5.74) is 0. The molecule has 0 N–H and O–H groups in total. The van der Waals surface area contributed by atoms with Gasteiger partial charge in [0.25, 0.3) is 0 Å². The van der Waals surface area contributed by atoms with Crippen LogP contribution in [0, 0.1) is 0 Å². The van der Waals surface area contributed by atoms with Gasteiger partial charge in [0.1, 0.15) is 0 Å². The molecule has 2 nitrogen and oxygen atoms in total. The third kappa shape index (κ3) is 6.53. The summed E-state index contributed by atoms with van der Waals surface area (Å²) in [7, 11) is 0. The highest BCUT2D eigenvalue weighted by Crippen LogP contribution is 2.04. The first-order valence-corrected chi connectivity index (χ1v) is 5.63. The molecule has 0 amide bonds. The summed E-state index contributed by atoms with van der Waals surface area (Å²) in [6.45, 7) is 6.02. The zero-order chi connectivity index (χ0) is 9.40. The van der Waals surface area contributed by atoms with Gasteiger partial charge in [0.05, 0.1) is 12.5 Å². The van der Waals surface area contributed by atoms with Gasteiger partial charge in [-0.25, -0.2) is 0 Å². The zero-order valence-electron chi connectivity index (χ0n) is 8.13. The predicted molar refractivity (Wildman–Crippen MR) is 53.5 cm³/mol. The Morgan fingerprint density at radius 1 is 1.50 bits per heavy atom. The molecule has 0 aromatic heterocycles. The summed E-state index contributed by atoms with van der Waals surface area (Å²) in [6.07, 6.45) is 1.51. The van der Waals surface area contributed by atoms with Gasteiger partial charge in [0.15, 0.2) is 0 Å². The lowest BCUT2D eigenvalue weighted by atomic mass is 10.3. The lowest BCUT2D eigenvalue weighted by molar-refractivity contribution is -0.147. The number of ether oxygens (including phenoxy) is 1. The van der Waals surface area contributed by atoms with Crippen LogP contribution in [0.5, 0.6) is 0 Å². The summed E-state index contributed by atoms with van der Waals surface area (Å²) in [5.74, 6) is 1.88. The monoisotopic (exact) mass is 190 g/mol. The van der Waals surface area contributed by atoms with E-state index in [0.717, 1.165) is 17.9 Å². The highest BCUT2D eigenvalue weighted by molar-refractivity contribution is 7.99. The molecule has 1 atom stereocenters. The molecule has 0 bridgehead atoms. The van der Waals surface area contributed by atoms with E-state index in [0.29, 0.717) is 6.42 Å². The molecule has 0 fully saturated rings. The Balaban J connectivity index is 3.33. The number of hydrogen-bond donors (Lipinski definition) is 0. The summed E-state index contributed by atoms with van der Waals surface area (Å²) in [6, 6.07) is 0. The van der Waals surface area contributed by atoms with Crippen LogP contribution in [0.25, 0.3) is 0 Å². The van der Waals surface area contributed by atoms with Gasteiger partial charge in [-0.15, -0.1) is 0 Å². The van der Waals surface area contributed by atoms with Crippen molar-refractivity contribution in [1.29, 1.82) is 0 Å². The van der Waals surface area contributed by atoms with Crippen molar-refractivity contribution >= 4 is 17.7 Å². The number of carbonyl (C=O) groups is 1. The van der Waals surface area contributed by atoms with E-state index >= 15 is 0 Å². The van der Waals surface area contributed by atoms with Crippen molar-refractivity contribution in [3.05, 3.63) is 0 Å². The van der Waals surface area contributed by atoms with Crippen LogP contribution in [0.4, 0.5) is 0 Å². The predicted octanol–water partition coefficient (Wildman–Crippen LogP) is 2.47. The molecule has 0 aromatic rings. The molecule has 0 radical (unpaired) electrons. The molecule has 0 aromatic carbocycles. The molecule has 3 heteroatoms. The van der Waals surface area contributed by atoms with Crippen molar-refractivity contribution in [2.24, 2.45) is 0 Å². The fourth-order valence-electron chi connectivity index (χ4n) is 0.666. The van der Waals surface area contributed by atoms with Crippen LogP contribution in [0.15, 0.2) is 0 Å². The Morgan fingerprint density at radius 3 is 2.67 bits per heavy atom. The minimum absolute atomic E-state index is 0.0645. The first kappa shape index (κ1) is 11.8. The van der Waals surface area contributed by atoms with Gasteiger partial charge in [0, 0.05) is 5.75 Å². The van der Waals surface area contributed by atoms with Gasteiger partial charge in [-0.2, -0.15) is 11.8 Å². The average Bonchev–Trinajstić information content (AvgIpc) is 2.05. The van der Waals surface area contributed by atoms with E-state index in [1.807, 2.05) is 13.8 Å². The van der Waals surface area contributed by atoms with Crippen LogP contribution < -0.4 is 0 Å². The Morgan fingerprint density at radius 2 is 2.17 bits per heavy atom. The quantitative estimate of drug-likeness (QED) is 0.475. The number of rotatable bonds is 6. The smallest absolute Gasteiger partial charge is 0.306 e. The van der Waals surface area contributed by atoms with Crippen LogP contribution in [0.1, 0.15) is 33.6 Å². The molecule has 0 rings (SSSR count). The van der Waals surface area contributed by atoms with Crippen molar-refractivity contribution in [3.8, 4) is 0 Å². The molecule has 12 heavy (non-hydrogen) atoms. The third-order valence-electron chi connectivity index (χ3n) is 1.56. The largest absolute Gasteiger partial charge is 0.463 e. The average molecular weight is 190 g/mol. The normalized spacial score (nSPS) is 12.6. The molecule has 0 saturated carbocycles. The minimum Gasteiger partial charge on any atom is -0.463 e. The summed E-state index contributed by atoms with van der Waals surface area (Å²) in [5, 5.41) is 0. The molecule has 1 unspecified atom stereocenters. The molecule has 72 valence electrons. The van der Waals surface area contributed by atoms with E-state index in [1.165, 1.54) is 0 Å². The molecular formula is C9H18O2S. The maximum absolute atomic E-state index is 11.1. The second-order valence-electron chi connectivity index (χ2n) is 2.66. The number of hydrogen-bond acceptors (Lipinski definition) is 3. The van der Waals surface area contributed by atoms with Gasteiger partial charge in [0.2, 0.25) is 0 Å². The number of thioether (sulfide) groups is 1. The van der Waals surface area contributed by atoms with Gasteiger partial charge < -0.3 is 4.74 Å². The van der Waals surface area contributed by atoms with Gasteiger partial charge in [-0.1, -0.05) is 13.8 Å². The Labute approximate surface area is 79.1 Å². The Bertz CT molecular complexity index is 126. The van der Waals surface area contributed by atoms with Crippen LogP contribution in [-0.2, 0) is 9.53 Å². The maximum Gasteiger partial charge on any atom is 0.306 e. The first-order valence-electron chi connectivity index (χ1n) is 4.47. The fourth-order valence-corrected chi connectivity index (χ4v) is 1.27. The molecule has 0 saturated heterocycles. The van der Waals surface area contributed by atoms with E-state index in [-0.39, 0.29) is 12.1 Å². The van der Waals surface area contributed by atoms with E-state index in [9.17, 15) is 4.79 Å². The Hall–Kier alpha value is -0.180. The highest BCUT2D eigenvalue weighted by atomic mass is 32.2. The van der Waals surface area contributed by atoms with E-state index in [2.05, 4.69) is 6.92 Å². The van der Waals surface area contributed by atoms with Crippen molar-refractivity contribution in [1.82, 2.24) is 0 Å². The van der Waals surface area contributed by atoms with Gasteiger partial charge in [-0.05, 0) is 19.1 Å². The van der Waals surface area contributed by atoms with E-state index in [1.54, 1.807) is 11.8 Å². The summed E-state index contributed by atoms with van der Waals surface area (Å²) in [4.78, 5) is 11.1. The highest BCUT2D eigenvalue weighted by Gasteiger charge is 2.06. The third-order valence-corrected chi connectivity index (χ3v) is 2.46. The maximum atomic E-state index is 11.1. The van der Waals surface area contributed by atoms with Crippen molar-refractivity contribution in [2.45, 2.75) is 39.7 Å². The Kier molecular flexibility index (Phi) is 7.36. The van der Waals surface area contributed by atoms with Gasteiger partial charge >= 0.3 is 5.97 Å². The number of carbonyl (C=O) groups excluding carboxylic acids is 1. The molecular weight excluding hydrogens is 172 g/mol. The minimum atomic E-state index is -0.0645. The lowest BCUT2D eigenvalue weighted by Gasteiger charge is -2.09. The number of esters is 1. The molecule has 0 aliphatic heterocycles.